The number of aromatic nitrogens is 2. The highest BCUT2D eigenvalue weighted by atomic mass is 32.1. The van der Waals surface area contributed by atoms with E-state index < -0.39 is 0 Å². The maximum atomic E-state index is 4.99. The van der Waals surface area contributed by atoms with Crippen LogP contribution in [0.3, 0.4) is 0 Å². The van der Waals surface area contributed by atoms with Crippen LogP contribution < -0.4 is 5.32 Å². The molecule has 0 unspecified atom stereocenters. The van der Waals surface area contributed by atoms with Gasteiger partial charge in [-0.1, -0.05) is 38.1 Å². The fourth-order valence-electron chi connectivity index (χ4n) is 4.38. The van der Waals surface area contributed by atoms with Crippen LogP contribution in [-0.2, 0) is 19.6 Å². The van der Waals surface area contributed by atoms with Gasteiger partial charge in [0.1, 0.15) is 16.5 Å². The number of nitrogens with one attached hydrogen (secondary N) is 1. The molecule has 0 atom stereocenters. The van der Waals surface area contributed by atoms with E-state index >= 15 is 0 Å². The van der Waals surface area contributed by atoms with Crippen molar-refractivity contribution < 1.29 is 0 Å². The van der Waals surface area contributed by atoms with Gasteiger partial charge in [0.15, 0.2) is 0 Å². The van der Waals surface area contributed by atoms with Crippen LogP contribution in [0.5, 0.6) is 0 Å². The van der Waals surface area contributed by atoms with Crippen molar-refractivity contribution in [2.24, 2.45) is 0 Å². The first kappa shape index (κ1) is 22.2. The molecule has 166 valence electrons. The van der Waals surface area contributed by atoms with Crippen molar-refractivity contribution in [1.29, 1.82) is 0 Å². The van der Waals surface area contributed by atoms with E-state index in [2.05, 4.69) is 67.1 Å². The van der Waals surface area contributed by atoms with Crippen molar-refractivity contribution in [2.75, 3.05) is 31.5 Å². The van der Waals surface area contributed by atoms with E-state index in [9.17, 15) is 0 Å². The highest BCUT2D eigenvalue weighted by Crippen LogP contribution is 2.33. The fraction of sp³-hybridized carbons (Fsp3) is 0.520. The zero-order valence-electron chi connectivity index (χ0n) is 19.4. The minimum atomic E-state index is 0.787. The lowest BCUT2D eigenvalue weighted by Crippen LogP contribution is -2.23. The van der Waals surface area contributed by atoms with Crippen LogP contribution in [0.15, 0.2) is 24.3 Å². The first-order chi connectivity index (χ1) is 15.1. The Balaban J connectivity index is 1.60. The average molecular weight is 438 g/mol. The standard InChI is InChI=1S/C25H35N5S/c1-5-29(6-2)17-22-27-24(23-18(3)19(4)31-25(23)28-22)26-15-20-11-7-8-12-21(20)16-30-13-9-10-14-30/h7-8,11-12H,5-6,9-10,13-17H2,1-4H3,(H,26,27,28). The van der Waals surface area contributed by atoms with Gasteiger partial charge in [0.05, 0.1) is 11.9 Å². The molecule has 6 heteroatoms. The van der Waals surface area contributed by atoms with Crippen molar-refractivity contribution in [3.63, 3.8) is 0 Å². The second-order valence-electron chi connectivity index (χ2n) is 8.52. The molecule has 4 rings (SSSR count). The summed E-state index contributed by atoms with van der Waals surface area (Å²) in [4.78, 5) is 17.3. The maximum absolute atomic E-state index is 4.99. The van der Waals surface area contributed by atoms with E-state index in [1.54, 1.807) is 11.3 Å². The number of likely N-dealkylation sites (tertiary alicyclic amines) is 1. The molecule has 3 heterocycles. The van der Waals surface area contributed by atoms with Gasteiger partial charge in [-0.15, -0.1) is 11.3 Å². The van der Waals surface area contributed by atoms with Gasteiger partial charge in [0, 0.05) is 18.0 Å². The second-order valence-corrected chi connectivity index (χ2v) is 9.72. The zero-order valence-corrected chi connectivity index (χ0v) is 20.2. The van der Waals surface area contributed by atoms with Crippen molar-refractivity contribution in [3.05, 3.63) is 51.7 Å². The lowest BCUT2D eigenvalue weighted by molar-refractivity contribution is 0.289. The summed E-state index contributed by atoms with van der Waals surface area (Å²) in [5, 5.41) is 4.87. The third kappa shape index (κ3) is 5.08. The van der Waals surface area contributed by atoms with E-state index in [-0.39, 0.29) is 0 Å². The lowest BCUT2D eigenvalue weighted by atomic mass is 10.1. The molecule has 1 fully saturated rings. The Kier molecular flexibility index (Phi) is 7.20. The predicted molar refractivity (Wildman–Crippen MR) is 132 cm³/mol. The number of hydrogen-bond donors (Lipinski definition) is 1. The van der Waals surface area contributed by atoms with E-state index in [0.29, 0.717) is 0 Å². The summed E-state index contributed by atoms with van der Waals surface area (Å²) in [6.45, 7) is 15.8. The molecule has 31 heavy (non-hydrogen) atoms. The summed E-state index contributed by atoms with van der Waals surface area (Å²) >= 11 is 1.78. The molecule has 5 nitrogen and oxygen atoms in total. The number of nitrogens with zero attached hydrogens (tertiary/aromatic N) is 4. The summed E-state index contributed by atoms with van der Waals surface area (Å²) in [7, 11) is 0. The smallest absolute Gasteiger partial charge is 0.146 e. The van der Waals surface area contributed by atoms with Gasteiger partial charge in [-0.2, -0.15) is 0 Å². The Morgan fingerprint density at radius 1 is 1.03 bits per heavy atom. The molecule has 0 aliphatic carbocycles. The number of thiophene rings is 1. The summed E-state index contributed by atoms with van der Waals surface area (Å²) < 4.78 is 0. The van der Waals surface area contributed by atoms with Crippen LogP contribution >= 0.6 is 11.3 Å². The Morgan fingerprint density at radius 2 is 1.74 bits per heavy atom. The lowest BCUT2D eigenvalue weighted by Gasteiger charge is -2.19. The van der Waals surface area contributed by atoms with Gasteiger partial charge in [-0.3, -0.25) is 9.80 Å². The molecule has 1 aliphatic heterocycles. The summed E-state index contributed by atoms with van der Waals surface area (Å²) in [5.74, 6) is 1.88. The van der Waals surface area contributed by atoms with E-state index in [1.807, 2.05) is 0 Å². The molecule has 1 aliphatic rings. The fourth-order valence-corrected chi connectivity index (χ4v) is 5.43. The van der Waals surface area contributed by atoms with Crippen LogP contribution in [-0.4, -0.2) is 45.9 Å². The number of aryl methyl sites for hydroxylation is 2. The largest absolute Gasteiger partial charge is 0.365 e. The highest BCUT2D eigenvalue weighted by molar-refractivity contribution is 7.18. The van der Waals surface area contributed by atoms with Gasteiger partial charge < -0.3 is 5.32 Å². The quantitative estimate of drug-likeness (QED) is 0.488. The van der Waals surface area contributed by atoms with Crippen LogP contribution in [0.1, 0.15) is 54.1 Å². The topological polar surface area (TPSA) is 44.3 Å². The van der Waals surface area contributed by atoms with Gasteiger partial charge in [-0.05, 0) is 69.6 Å². The highest BCUT2D eigenvalue weighted by Gasteiger charge is 2.17. The van der Waals surface area contributed by atoms with Crippen LogP contribution in [0, 0.1) is 13.8 Å². The van der Waals surface area contributed by atoms with Crippen molar-refractivity contribution in [3.8, 4) is 0 Å². The third-order valence-electron chi connectivity index (χ3n) is 6.49. The van der Waals surface area contributed by atoms with Crippen LogP contribution in [0.2, 0.25) is 0 Å². The van der Waals surface area contributed by atoms with E-state index in [4.69, 9.17) is 9.97 Å². The third-order valence-corrected chi connectivity index (χ3v) is 7.59. The molecule has 1 saturated heterocycles. The van der Waals surface area contributed by atoms with Crippen molar-refractivity contribution in [2.45, 2.75) is 60.2 Å². The van der Waals surface area contributed by atoms with Gasteiger partial charge in [0.25, 0.3) is 0 Å². The summed E-state index contributed by atoms with van der Waals surface area (Å²) in [6, 6.07) is 8.83. The zero-order chi connectivity index (χ0) is 21.8. The van der Waals surface area contributed by atoms with Gasteiger partial charge >= 0.3 is 0 Å². The molecule has 0 spiro atoms. The number of hydrogen-bond acceptors (Lipinski definition) is 6. The molecule has 2 aromatic heterocycles. The normalized spacial score (nSPS) is 14.7. The molecule has 1 N–H and O–H groups in total. The molecule has 0 saturated carbocycles. The number of fused-ring (bicyclic) bond motifs is 1. The van der Waals surface area contributed by atoms with Crippen LogP contribution in [0.4, 0.5) is 5.82 Å². The minimum absolute atomic E-state index is 0.787. The Hall–Kier alpha value is -2.02. The summed E-state index contributed by atoms with van der Waals surface area (Å²) in [6.07, 6.45) is 2.65. The molecule has 0 radical (unpaired) electrons. The number of rotatable bonds is 9. The Labute approximate surface area is 190 Å². The predicted octanol–water partition coefficient (Wildman–Crippen LogP) is 5.36. The van der Waals surface area contributed by atoms with Crippen molar-refractivity contribution in [1.82, 2.24) is 19.8 Å². The number of benzene rings is 1. The molecule has 0 amide bonds. The first-order valence-electron chi connectivity index (χ1n) is 11.6. The molecule has 0 bridgehead atoms. The van der Waals surface area contributed by atoms with E-state index in [0.717, 1.165) is 49.2 Å². The molecular weight excluding hydrogens is 402 g/mol. The van der Waals surface area contributed by atoms with Gasteiger partial charge in [0.2, 0.25) is 0 Å². The molecule has 3 aromatic rings. The van der Waals surface area contributed by atoms with Crippen LogP contribution in [0.25, 0.3) is 10.2 Å². The van der Waals surface area contributed by atoms with Gasteiger partial charge in [-0.25, -0.2) is 9.97 Å². The van der Waals surface area contributed by atoms with Crippen molar-refractivity contribution >= 4 is 27.4 Å². The maximum Gasteiger partial charge on any atom is 0.146 e. The van der Waals surface area contributed by atoms with E-state index in [1.165, 1.54) is 52.9 Å². The average Bonchev–Trinajstić information content (AvgIpc) is 3.39. The second kappa shape index (κ2) is 10.1. The Morgan fingerprint density at radius 3 is 2.45 bits per heavy atom. The monoisotopic (exact) mass is 437 g/mol. The molecule has 1 aromatic carbocycles. The summed E-state index contributed by atoms with van der Waals surface area (Å²) in [5.41, 5.74) is 4.07. The minimum Gasteiger partial charge on any atom is -0.365 e. The Bertz CT molecular complexity index is 1020. The SMILES string of the molecule is CCN(CC)Cc1nc(NCc2ccccc2CN2CCCC2)c2c(C)c(C)sc2n1. The number of anilines is 1. The molecular formula is C25H35N5S. The first-order valence-corrected chi connectivity index (χ1v) is 12.4.